The molecule has 2 rings (SSSR count). The molecule has 0 radical (unpaired) electrons. The second-order valence-corrected chi connectivity index (χ2v) is 5.05. The maximum absolute atomic E-state index is 11.5. The van der Waals surface area contributed by atoms with E-state index >= 15 is 0 Å². The molecule has 0 aromatic carbocycles. The first kappa shape index (κ1) is 12.8. The van der Waals surface area contributed by atoms with E-state index in [9.17, 15) is 4.79 Å². The Kier molecular flexibility index (Phi) is 3.76. The standard InChI is InChI=1S/C12H15N3O2S/c1-8(2)15(6-10(16)17-3)12-11-9(4-5-18-11)13-7-14-12/h4-5,7-8H,6H2,1-3H3. The second-order valence-electron chi connectivity index (χ2n) is 4.13. The van der Waals surface area contributed by atoms with Crippen molar-refractivity contribution in [3.05, 3.63) is 17.8 Å². The minimum Gasteiger partial charge on any atom is -0.468 e. The van der Waals surface area contributed by atoms with Gasteiger partial charge in [-0.1, -0.05) is 0 Å². The van der Waals surface area contributed by atoms with Crippen LogP contribution in [0.1, 0.15) is 13.8 Å². The number of hydrogen-bond donors (Lipinski definition) is 0. The Morgan fingerprint density at radius 1 is 1.50 bits per heavy atom. The van der Waals surface area contributed by atoms with Crippen molar-refractivity contribution in [3.63, 3.8) is 0 Å². The lowest BCUT2D eigenvalue weighted by atomic mass is 10.3. The first-order chi connectivity index (χ1) is 8.63. The summed E-state index contributed by atoms with van der Waals surface area (Å²) in [5, 5.41) is 1.97. The number of fused-ring (bicyclic) bond motifs is 1. The van der Waals surface area contributed by atoms with Crippen LogP contribution >= 0.6 is 11.3 Å². The lowest BCUT2D eigenvalue weighted by molar-refractivity contribution is -0.139. The number of methoxy groups -OCH3 is 1. The van der Waals surface area contributed by atoms with Gasteiger partial charge in [0, 0.05) is 6.04 Å². The van der Waals surface area contributed by atoms with Crippen LogP contribution in [0.25, 0.3) is 10.2 Å². The number of esters is 1. The number of aromatic nitrogens is 2. The minimum absolute atomic E-state index is 0.157. The molecule has 0 aliphatic rings. The summed E-state index contributed by atoms with van der Waals surface area (Å²) in [4.78, 5) is 21.9. The van der Waals surface area contributed by atoms with Gasteiger partial charge in [-0.05, 0) is 25.3 Å². The molecular weight excluding hydrogens is 250 g/mol. The molecule has 2 heterocycles. The third kappa shape index (κ3) is 2.43. The number of carbonyl (C=O) groups is 1. The molecule has 0 N–H and O–H groups in total. The quantitative estimate of drug-likeness (QED) is 0.792. The fourth-order valence-electron chi connectivity index (χ4n) is 1.69. The normalized spacial score (nSPS) is 10.9. The predicted molar refractivity (Wildman–Crippen MR) is 71.9 cm³/mol. The van der Waals surface area contributed by atoms with Crippen LogP contribution in [0.2, 0.25) is 0 Å². The summed E-state index contributed by atoms with van der Waals surface area (Å²) in [6.45, 7) is 4.23. The monoisotopic (exact) mass is 265 g/mol. The van der Waals surface area contributed by atoms with Gasteiger partial charge in [-0.3, -0.25) is 4.79 Å². The van der Waals surface area contributed by atoms with Gasteiger partial charge < -0.3 is 9.64 Å². The zero-order valence-electron chi connectivity index (χ0n) is 10.6. The molecule has 0 saturated heterocycles. The Labute approximate surface area is 109 Å². The Morgan fingerprint density at radius 3 is 2.94 bits per heavy atom. The highest BCUT2D eigenvalue weighted by molar-refractivity contribution is 7.17. The highest BCUT2D eigenvalue weighted by atomic mass is 32.1. The van der Waals surface area contributed by atoms with Crippen molar-refractivity contribution in [1.29, 1.82) is 0 Å². The van der Waals surface area contributed by atoms with E-state index in [-0.39, 0.29) is 18.6 Å². The zero-order valence-corrected chi connectivity index (χ0v) is 11.4. The van der Waals surface area contributed by atoms with Crippen LogP contribution in [-0.2, 0) is 9.53 Å². The summed E-state index contributed by atoms with van der Waals surface area (Å²) in [5.41, 5.74) is 0.903. The fourth-order valence-corrected chi connectivity index (χ4v) is 2.54. The van der Waals surface area contributed by atoms with E-state index < -0.39 is 0 Å². The molecule has 2 aromatic heterocycles. The molecule has 96 valence electrons. The van der Waals surface area contributed by atoms with E-state index in [1.165, 1.54) is 13.4 Å². The molecular formula is C12H15N3O2S. The van der Waals surface area contributed by atoms with Gasteiger partial charge in [-0.15, -0.1) is 11.3 Å². The van der Waals surface area contributed by atoms with Crippen molar-refractivity contribution < 1.29 is 9.53 Å². The largest absolute Gasteiger partial charge is 0.468 e. The lowest BCUT2D eigenvalue weighted by Gasteiger charge is -2.26. The van der Waals surface area contributed by atoms with Crippen molar-refractivity contribution in [2.75, 3.05) is 18.6 Å². The first-order valence-corrected chi connectivity index (χ1v) is 6.53. The van der Waals surface area contributed by atoms with Crippen molar-refractivity contribution in [1.82, 2.24) is 9.97 Å². The van der Waals surface area contributed by atoms with E-state index in [1.54, 1.807) is 11.3 Å². The number of anilines is 1. The van der Waals surface area contributed by atoms with Crippen LogP contribution in [0.15, 0.2) is 17.8 Å². The maximum atomic E-state index is 11.5. The highest BCUT2D eigenvalue weighted by Gasteiger charge is 2.19. The van der Waals surface area contributed by atoms with Crippen LogP contribution in [-0.4, -0.2) is 35.6 Å². The lowest BCUT2D eigenvalue weighted by Crippen LogP contribution is -2.36. The van der Waals surface area contributed by atoms with Gasteiger partial charge in [0.1, 0.15) is 12.9 Å². The smallest absolute Gasteiger partial charge is 0.325 e. The summed E-state index contributed by atoms with van der Waals surface area (Å²) >= 11 is 1.58. The summed E-state index contributed by atoms with van der Waals surface area (Å²) in [6, 6.07) is 2.10. The minimum atomic E-state index is -0.271. The SMILES string of the molecule is COC(=O)CN(c1ncnc2ccsc12)C(C)C. The molecule has 0 amide bonds. The van der Waals surface area contributed by atoms with Crippen molar-refractivity contribution in [2.45, 2.75) is 19.9 Å². The Hall–Kier alpha value is -1.69. The second kappa shape index (κ2) is 5.30. The van der Waals surface area contributed by atoms with E-state index in [0.29, 0.717) is 0 Å². The van der Waals surface area contributed by atoms with E-state index in [0.717, 1.165) is 16.0 Å². The topological polar surface area (TPSA) is 55.3 Å². The molecule has 0 fully saturated rings. The number of thiophene rings is 1. The average Bonchev–Trinajstić information content (AvgIpc) is 2.83. The van der Waals surface area contributed by atoms with Gasteiger partial charge in [0.15, 0.2) is 5.82 Å². The summed E-state index contributed by atoms with van der Waals surface area (Å²) in [7, 11) is 1.39. The zero-order chi connectivity index (χ0) is 13.1. The van der Waals surface area contributed by atoms with Crippen LogP contribution in [0, 0.1) is 0 Å². The van der Waals surface area contributed by atoms with E-state index in [1.807, 2.05) is 30.2 Å². The van der Waals surface area contributed by atoms with Gasteiger partial charge in [0.25, 0.3) is 0 Å². The Morgan fingerprint density at radius 2 is 2.28 bits per heavy atom. The molecule has 18 heavy (non-hydrogen) atoms. The van der Waals surface area contributed by atoms with Gasteiger partial charge >= 0.3 is 5.97 Å². The van der Waals surface area contributed by atoms with Crippen LogP contribution in [0.3, 0.4) is 0 Å². The molecule has 0 aliphatic heterocycles. The van der Waals surface area contributed by atoms with Crippen molar-refractivity contribution in [3.8, 4) is 0 Å². The van der Waals surface area contributed by atoms with Gasteiger partial charge in [0.2, 0.25) is 0 Å². The molecule has 0 saturated carbocycles. The number of hydrogen-bond acceptors (Lipinski definition) is 6. The summed E-state index contributed by atoms with van der Waals surface area (Å²) < 4.78 is 5.72. The van der Waals surface area contributed by atoms with Gasteiger partial charge in [-0.2, -0.15) is 0 Å². The molecule has 6 heteroatoms. The predicted octanol–water partition coefficient (Wildman–Crippen LogP) is 2.08. The van der Waals surface area contributed by atoms with Crippen molar-refractivity contribution >= 4 is 33.3 Å². The van der Waals surface area contributed by atoms with E-state index in [2.05, 4.69) is 9.97 Å². The molecule has 0 aliphatic carbocycles. The van der Waals surface area contributed by atoms with Crippen LogP contribution < -0.4 is 4.90 Å². The molecule has 0 spiro atoms. The summed E-state index contributed by atoms with van der Waals surface area (Å²) in [6.07, 6.45) is 1.52. The van der Waals surface area contributed by atoms with Gasteiger partial charge in [-0.25, -0.2) is 9.97 Å². The number of rotatable bonds is 4. The number of ether oxygens (including phenoxy) is 1. The number of carbonyl (C=O) groups excluding carboxylic acids is 1. The molecule has 5 nitrogen and oxygen atoms in total. The molecule has 0 atom stereocenters. The first-order valence-electron chi connectivity index (χ1n) is 5.65. The van der Waals surface area contributed by atoms with E-state index in [4.69, 9.17) is 4.74 Å². The molecule has 0 bridgehead atoms. The highest BCUT2D eigenvalue weighted by Crippen LogP contribution is 2.28. The molecule has 2 aromatic rings. The van der Waals surface area contributed by atoms with Gasteiger partial charge in [0.05, 0.1) is 17.3 Å². The third-order valence-corrected chi connectivity index (χ3v) is 3.55. The van der Waals surface area contributed by atoms with Crippen LogP contribution in [0.5, 0.6) is 0 Å². The van der Waals surface area contributed by atoms with Crippen molar-refractivity contribution in [2.24, 2.45) is 0 Å². The Balaban J connectivity index is 2.41. The molecule has 0 unspecified atom stereocenters. The third-order valence-electron chi connectivity index (χ3n) is 2.65. The maximum Gasteiger partial charge on any atom is 0.325 e. The van der Waals surface area contributed by atoms with Crippen LogP contribution in [0.4, 0.5) is 5.82 Å². The fraction of sp³-hybridized carbons (Fsp3) is 0.417. The average molecular weight is 265 g/mol. The Bertz CT molecular complexity index is 553. The summed E-state index contributed by atoms with van der Waals surface area (Å²) in [5.74, 6) is 0.516. The number of nitrogens with zero attached hydrogens (tertiary/aromatic N) is 3.